The predicted octanol–water partition coefficient (Wildman–Crippen LogP) is 2.36. The number of nitrogens with zero attached hydrogens (tertiary/aromatic N) is 2. The van der Waals surface area contributed by atoms with Gasteiger partial charge in [-0.2, -0.15) is 0 Å². The first-order chi connectivity index (χ1) is 16.0. The molecule has 0 aliphatic carbocycles. The monoisotopic (exact) mass is 450 g/mol. The van der Waals surface area contributed by atoms with Gasteiger partial charge in [-0.05, 0) is 36.1 Å². The molecule has 2 aromatic carbocycles. The standard InChI is InChI=1S/C25H30N4O4/c1-2-25(20-6-4-3-5-7-20)23(31)29(24(32)27-25)18-22(30)26-21-10-8-19(9-11-21)12-13-28-14-16-33-17-15-28/h3-11H,2,12-18H2,1H3,(H,26,30)(H,27,32). The fourth-order valence-corrected chi connectivity index (χ4v) is 4.34. The largest absolute Gasteiger partial charge is 0.379 e. The Balaban J connectivity index is 1.33. The van der Waals surface area contributed by atoms with Crippen molar-refractivity contribution in [2.45, 2.75) is 25.3 Å². The number of urea groups is 1. The number of hydrogen-bond acceptors (Lipinski definition) is 5. The molecule has 1 atom stereocenters. The number of hydrogen-bond donors (Lipinski definition) is 2. The van der Waals surface area contributed by atoms with Crippen molar-refractivity contribution in [2.24, 2.45) is 0 Å². The van der Waals surface area contributed by atoms with Gasteiger partial charge in [-0.1, -0.05) is 49.4 Å². The van der Waals surface area contributed by atoms with E-state index in [9.17, 15) is 14.4 Å². The van der Waals surface area contributed by atoms with Crippen LogP contribution >= 0.6 is 0 Å². The third-order valence-corrected chi connectivity index (χ3v) is 6.33. The summed E-state index contributed by atoms with van der Waals surface area (Å²) in [5, 5.41) is 5.58. The van der Waals surface area contributed by atoms with Gasteiger partial charge in [0.15, 0.2) is 0 Å². The fraction of sp³-hybridized carbons (Fsp3) is 0.400. The number of carbonyl (C=O) groups excluding carboxylic acids is 3. The van der Waals surface area contributed by atoms with E-state index in [-0.39, 0.29) is 6.54 Å². The smallest absolute Gasteiger partial charge is 0.325 e. The summed E-state index contributed by atoms with van der Waals surface area (Å²) in [5.74, 6) is -0.825. The number of benzene rings is 2. The van der Waals surface area contributed by atoms with Crippen LogP contribution in [0.5, 0.6) is 0 Å². The van der Waals surface area contributed by atoms with Gasteiger partial charge in [0.1, 0.15) is 12.1 Å². The van der Waals surface area contributed by atoms with Crippen molar-refractivity contribution in [1.82, 2.24) is 15.1 Å². The quantitative estimate of drug-likeness (QED) is 0.603. The summed E-state index contributed by atoms with van der Waals surface area (Å²) in [6.45, 7) is 5.97. The minimum Gasteiger partial charge on any atom is -0.379 e. The lowest BCUT2D eigenvalue weighted by molar-refractivity contribution is -0.134. The van der Waals surface area contributed by atoms with Gasteiger partial charge in [0, 0.05) is 25.3 Å². The maximum absolute atomic E-state index is 13.2. The number of morpholine rings is 1. The number of carbonyl (C=O) groups is 3. The van der Waals surface area contributed by atoms with Crippen LogP contribution in [0.3, 0.4) is 0 Å². The van der Waals surface area contributed by atoms with Gasteiger partial charge in [0.2, 0.25) is 5.91 Å². The van der Waals surface area contributed by atoms with Crippen molar-refractivity contribution < 1.29 is 19.1 Å². The molecule has 2 saturated heterocycles. The minimum absolute atomic E-state index is 0.335. The summed E-state index contributed by atoms with van der Waals surface area (Å²) >= 11 is 0. The molecule has 1 unspecified atom stereocenters. The summed E-state index contributed by atoms with van der Waals surface area (Å²) < 4.78 is 5.37. The molecule has 2 fully saturated rings. The van der Waals surface area contributed by atoms with E-state index < -0.39 is 23.4 Å². The van der Waals surface area contributed by atoms with Crippen LogP contribution in [0, 0.1) is 0 Å². The van der Waals surface area contributed by atoms with E-state index in [0.29, 0.717) is 17.7 Å². The molecule has 2 aliphatic heterocycles. The Kier molecular flexibility index (Phi) is 7.05. The summed E-state index contributed by atoms with van der Waals surface area (Å²) in [4.78, 5) is 41.7. The molecule has 2 heterocycles. The lowest BCUT2D eigenvalue weighted by atomic mass is 9.87. The van der Waals surface area contributed by atoms with Crippen LogP contribution in [0.25, 0.3) is 0 Å². The third kappa shape index (κ3) is 5.07. The lowest BCUT2D eigenvalue weighted by Crippen LogP contribution is -2.44. The number of nitrogens with one attached hydrogen (secondary N) is 2. The average molecular weight is 451 g/mol. The summed E-state index contributed by atoms with van der Waals surface area (Å²) in [7, 11) is 0. The molecule has 2 aromatic rings. The van der Waals surface area contributed by atoms with Crippen LogP contribution < -0.4 is 10.6 Å². The Morgan fingerprint density at radius 1 is 1.06 bits per heavy atom. The Morgan fingerprint density at radius 3 is 2.42 bits per heavy atom. The second kappa shape index (κ2) is 10.1. The first kappa shape index (κ1) is 22.9. The Bertz CT molecular complexity index is 989. The first-order valence-electron chi connectivity index (χ1n) is 11.4. The van der Waals surface area contributed by atoms with Crippen molar-refractivity contribution in [2.75, 3.05) is 44.7 Å². The van der Waals surface area contributed by atoms with Gasteiger partial charge < -0.3 is 15.4 Å². The topological polar surface area (TPSA) is 91.0 Å². The van der Waals surface area contributed by atoms with E-state index in [1.54, 1.807) is 0 Å². The Morgan fingerprint density at radius 2 is 1.76 bits per heavy atom. The molecule has 4 amide bonds. The van der Waals surface area contributed by atoms with Crippen LogP contribution in [-0.4, -0.2) is 67.0 Å². The second-order valence-electron chi connectivity index (χ2n) is 8.40. The van der Waals surface area contributed by atoms with Crippen LogP contribution in [0.4, 0.5) is 10.5 Å². The van der Waals surface area contributed by atoms with E-state index in [0.717, 1.165) is 44.2 Å². The predicted molar refractivity (Wildman–Crippen MR) is 125 cm³/mol. The van der Waals surface area contributed by atoms with Crippen molar-refractivity contribution in [1.29, 1.82) is 0 Å². The summed E-state index contributed by atoms with van der Waals surface area (Å²) in [6, 6.07) is 16.2. The molecule has 4 rings (SSSR count). The van der Waals surface area contributed by atoms with Gasteiger partial charge in [-0.25, -0.2) is 4.79 Å². The highest BCUT2D eigenvalue weighted by molar-refractivity contribution is 6.10. The number of imide groups is 1. The van der Waals surface area contributed by atoms with Crippen LogP contribution in [-0.2, 0) is 26.3 Å². The first-order valence-corrected chi connectivity index (χ1v) is 11.4. The molecule has 2 N–H and O–H groups in total. The van der Waals surface area contributed by atoms with Gasteiger partial charge in [0.05, 0.1) is 13.2 Å². The van der Waals surface area contributed by atoms with Gasteiger partial charge in [-0.15, -0.1) is 0 Å². The molecular weight excluding hydrogens is 420 g/mol. The maximum Gasteiger partial charge on any atom is 0.325 e. The molecular formula is C25H30N4O4. The zero-order valence-corrected chi connectivity index (χ0v) is 18.9. The summed E-state index contributed by atoms with van der Waals surface area (Å²) in [6.07, 6.45) is 1.32. The van der Waals surface area contributed by atoms with E-state index >= 15 is 0 Å². The third-order valence-electron chi connectivity index (χ3n) is 6.33. The van der Waals surface area contributed by atoms with Gasteiger partial charge >= 0.3 is 6.03 Å². The zero-order chi connectivity index (χ0) is 23.3. The number of amides is 4. The number of ether oxygens (including phenoxy) is 1. The highest BCUT2D eigenvalue weighted by atomic mass is 16.5. The van der Waals surface area contributed by atoms with Crippen LogP contribution in [0.1, 0.15) is 24.5 Å². The normalized spacial score (nSPS) is 21.2. The maximum atomic E-state index is 13.2. The highest BCUT2D eigenvalue weighted by Gasteiger charge is 2.51. The Labute approximate surface area is 193 Å². The molecule has 33 heavy (non-hydrogen) atoms. The fourth-order valence-electron chi connectivity index (χ4n) is 4.34. The molecule has 8 nitrogen and oxygen atoms in total. The minimum atomic E-state index is -1.14. The van der Waals surface area contributed by atoms with Crippen molar-refractivity contribution in [3.63, 3.8) is 0 Å². The lowest BCUT2D eigenvalue weighted by Gasteiger charge is -2.26. The molecule has 0 saturated carbocycles. The molecule has 0 aromatic heterocycles. The molecule has 0 bridgehead atoms. The van der Waals surface area contributed by atoms with E-state index in [1.807, 2.05) is 61.5 Å². The zero-order valence-electron chi connectivity index (χ0n) is 18.9. The van der Waals surface area contributed by atoms with Crippen molar-refractivity contribution in [3.05, 3.63) is 65.7 Å². The van der Waals surface area contributed by atoms with Crippen molar-refractivity contribution in [3.8, 4) is 0 Å². The van der Waals surface area contributed by atoms with E-state index in [2.05, 4.69) is 15.5 Å². The molecule has 2 aliphatic rings. The molecule has 0 radical (unpaired) electrons. The number of rotatable bonds is 8. The average Bonchev–Trinajstić information content (AvgIpc) is 3.10. The summed E-state index contributed by atoms with van der Waals surface area (Å²) in [5.41, 5.74) is 1.39. The second-order valence-corrected chi connectivity index (χ2v) is 8.40. The SMILES string of the molecule is CCC1(c2ccccc2)NC(=O)N(CC(=O)Nc2ccc(CCN3CCOCC3)cc2)C1=O. The van der Waals surface area contributed by atoms with Crippen LogP contribution in [0.2, 0.25) is 0 Å². The van der Waals surface area contributed by atoms with E-state index in [1.165, 1.54) is 5.56 Å². The molecule has 8 heteroatoms. The van der Waals surface area contributed by atoms with Gasteiger partial charge in [0.25, 0.3) is 5.91 Å². The molecule has 174 valence electrons. The molecule has 0 spiro atoms. The van der Waals surface area contributed by atoms with E-state index in [4.69, 9.17) is 4.74 Å². The highest BCUT2D eigenvalue weighted by Crippen LogP contribution is 2.32. The van der Waals surface area contributed by atoms with Crippen molar-refractivity contribution >= 4 is 23.5 Å². The van der Waals surface area contributed by atoms with Crippen LogP contribution in [0.15, 0.2) is 54.6 Å². The van der Waals surface area contributed by atoms with Gasteiger partial charge in [-0.3, -0.25) is 19.4 Å². The number of anilines is 1. The Hall–Kier alpha value is -3.23.